The van der Waals surface area contributed by atoms with Crippen molar-refractivity contribution < 1.29 is 9.90 Å². The summed E-state index contributed by atoms with van der Waals surface area (Å²) in [6.07, 6.45) is 2.44. The van der Waals surface area contributed by atoms with Gasteiger partial charge in [-0.05, 0) is 42.2 Å². The fraction of sp³-hybridized carbons (Fsp3) is 0.300. The number of hydrogen-bond donors (Lipinski definition) is 2. The number of hydrogen-bond acceptors (Lipinski definition) is 3. The molecule has 0 aliphatic carbocycles. The molecule has 1 atom stereocenters. The zero-order chi connectivity index (χ0) is 17.8. The van der Waals surface area contributed by atoms with Crippen LogP contribution in [0, 0.1) is 5.92 Å². The standard InChI is InChI=1S/C20H23N3O2/c1-14(2)11-18(20(24)25)21-12-15-7-9-16(10-8-15)23-13-22-17-5-3-4-6-19(17)23/h3-10,13-14,18,21H,11-12H2,1-2H3,(H,24,25)/t18-/m1/s1. The van der Waals surface area contributed by atoms with E-state index in [1.165, 1.54) is 0 Å². The number of carbonyl (C=O) groups is 1. The summed E-state index contributed by atoms with van der Waals surface area (Å²) >= 11 is 0. The number of aliphatic carboxylic acids is 1. The third kappa shape index (κ3) is 4.06. The first-order chi connectivity index (χ1) is 12.0. The van der Waals surface area contributed by atoms with Gasteiger partial charge in [0, 0.05) is 12.2 Å². The van der Waals surface area contributed by atoms with Crippen LogP contribution in [0.3, 0.4) is 0 Å². The van der Waals surface area contributed by atoms with Crippen molar-refractivity contribution in [3.05, 3.63) is 60.4 Å². The average molecular weight is 337 g/mol. The van der Waals surface area contributed by atoms with Gasteiger partial charge in [0.1, 0.15) is 12.4 Å². The second-order valence-electron chi connectivity index (χ2n) is 6.67. The zero-order valence-corrected chi connectivity index (χ0v) is 14.5. The lowest BCUT2D eigenvalue weighted by atomic mass is 10.0. The second kappa shape index (κ2) is 7.49. The largest absolute Gasteiger partial charge is 0.480 e. The number of imidazole rings is 1. The van der Waals surface area contributed by atoms with Crippen molar-refractivity contribution in [2.45, 2.75) is 32.9 Å². The summed E-state index contributed by atoms with van der Waals surface area (Å²) in [5.41, 5.74) is 4.13. The molecule has 0 radical (unpaired) electrons. The van der Waals surface area contributed by atoms with E-state index >= 15 is 0 Å². The Bertz CT molecular complexity index is 853. The van der Waals surface area contributed by atoms with Gasteiger partial charge in [-0.15, -0.1) is 0 Å². The highest BCUT2D eigenvalue weighted by Gasteiger charge is 2.17. The summed E-state index contributed by atoms with van der Waals surface area (Å²) in [6.45, 7) is 4.60. The number of carboxylic acids is 1. The van der Waals surface area contributed by atoms with Gasteiger partial charge < -0.3 is 10.4 Å². The predicted molar refractivity (Wildman–Crippen MR) is 98.8 cm³/mol. The highest BCUT2D eigenvalue weighted by Crippen LogP contribution is 2.18. The molecule has 130 valence electrons. The Kier molecular flexibility index (Phi) is 5.14. The molecule has 0 bridgehead atoms. The Morgan fingerprint density at radius 2 is 1.88 bits per heavy atom. The summed E-state index contributed by atoms with van der Waals surface area (Å²) in [6, 6.07) is 15.6. The van der Waals surface area contributed by atoms with Gasteiger partial charge in [0.05, 0.1) is 11.0 Å². The molecule has 0 saturated heterocycles. The second-order valence-corrected chi connectivity index (χ2v) is 6.67. The summed E-state index contributed by atoms with van der Waals surface area (Å²) in [7, 11) is 0. The maximum absolute atomic E-state index is 11.3. The van der Waals surface area contributed by atoms with Crippen molar-refractivity contribution >= 4 is 17.0 Å². The molecule has 5 heteroatoms. The lowest BCUT2D eigenvalue weighted by Crippen LogP contribution is -2.37. The minimum absolute atomic E-state index is 0.338. The number of nitrogens with one attached hydrogen (secondary N) is 1. The van der Waals surface area contributed by atoms with Gasteiger partial charge in [0.2, 0.25) is 0 Å². The monoisotopic (exact) mass is 337 g/mol. The number of fused-ring (bicyclic) bond motifs is 1. The molecule has 3 rings (SSSR count). The first kappa shape index (κ1) is 17.2. The van der Waals surface area contributed by atoms with E-state index in [9.17, 15) is 9.90 Å². The molecule has 0 saturated carbocycles. The Labute approximate surface area is 147 Å². The summed E-state index contributed by atoms with van der Waals surface area (Å²) in [5, 5.41) is 12.4. The van der Waals surface area contributed by atoms with Gasteiger partial charge in [0.15, 0.2) is 0 Å². The Morgan fingerprint density at radius 1 is 1.16 bits per heavy atom. The predicted octanol–water partition coefficient (Wildman–Crippen LogP) is 3.61. The molecule has 3 aromatic rings. The molecule has 2 aromatic carbocycles. The highest BCUT2D eigenvalue weighted by molar-refractivity contribution is 5.77. The van der Waals surface area contributed by atoms with Gasteiger partial charge in [-0.2, -0.15) is 0 Å². The molecule has 0 aliphatic rings. The van der Waals surface area contributed by atoms with Crippen LogP contribution in [0.2, 0.25) is 0 Å². The number of benzene rings is 2. The quantitative estimate of drug-likeness (QED) is 0.691. The van der Waals surface area contributed by atoms with Crippen LogP contribution in [-0.4, -0.2) is 26.7 Å². The van der Waals surface area contributed by atoms with Gasteiger partial charge in [0.25, 0.3) is 0 Å². The minimum atomic E-state index is -0.796. The van der Waals surface area contributed by atoms with Crippen molar-refractivity contribution in [1.82, 2.24) is 14.9 Å². The van der Waals surface area contributed by atoms with Crippen molar-refractivity contribution in [2.75, 3.05) is 0 Å². The number of aromatic nitrogens is 2. The van der Waals surface area contributed by atoms with E-state index in [0.717, 1.165) is 22.3 Å². The van der Waals surface area contributed by atoms with Crippen molar-refractivity contribution in [3.63, 3.8) is 0 Å². The fourth-order valence-electron chi connectivity index (χ4n) is 2.92. The molecule has 0 fully saturated rings. The van der Waals surface area contributed by atoms with Gasteiger partial charge in [-0.25, -0.2) is 4.98 Å². The third-order valence-corrected chi connectivity index (χ3v) is 4.23. The van der Waals surface area contributed by atoms with Crippen LogP contribution in [0.1, 0.15) is 25.8 Å². The van der Waals surface area contributed by atoms with E-state index in [2.05, 4.69) is 10.3 Å². The van der Waals surface area contributed by atoms with Crippen LogP contribution in [0.25, 0.3) is 16.7 Å². The van der Waals surface area contributed by atoms with Crippen molar-refractivity contribution in [2.24, 2.45) is 5.92 Å². The number of carboxylic acid groups (broad SMARTS) is 1. The molecule has 1 heterocycles. The summed E-state index contributed by atoms with van der Waals surface area (Å²) in [5.74, 6) is -0.458. The van der Waals surface area contributed by atoms with Gasteiger partial charge >= 0.3 is 5.97 Å². The van der Waals surface area contributed by atoms with Crippen LogP contribution in [-0.2, 0) is 11.3 Å². The van der Waals surface area contributed by atoms with E-state index in [-0.39, 0.29) is 0 Å². The van der Waals surface area contributed by atoms with Gasteiger partial charge in [-0.1, -0.05) is 38.1 Å². The van der Waals surface area contributed by atoms with E-state index in [1.54, 1.807) is 0 Å². The lowest BCUT2D eigenvalue weighted by molar-refractivity contribution is -0.140. The fourth-order valence-corrected chi connectivity index (χ4v) is 2.92. The zero-order valence-electron chi connectivity index (χ0n) is 14.5. The smallest absolute Gasteiger partial charge is 0.320 e. The van der Waals surface area contributed by atoms with E-state index in [0.29, 0.717) is 18.9 Å². The molecule has 0 amide bonds. The first-order valence-electron chi connectivity index (χ1n) is 8.52. The van der Waals surface area contributed by atoms with Crippen molar-refractivity contribution in [1.29, 1.82) is 0 Å². The topological polar surface area (TPSA) is 67.2 Å². The number of nitrogens with zero attached hydrogens (tertiary/aromatic N) is 2. The maximum Gasteiger partial charge on any atom is 0.320 e. The van der Waals surface area contributed by atoms with E-state index in [1.807, 2.05) is 73.3 Å². The molecule has 5 nitrogen and oxygen atoms in total. The molecule has 2 N–H and O–H groups in total. The Morgan fingerprint density at radius 3 is 2.56 bits per heavy atom. The van der Waals surface area contributed by atoms with Crippen molar-refractivity contribution in [3.8, 4) is 5.69 Å². The maximum atomic E-state index is 11.3. The third-order valence-electron chi connectivity index (χ3n) is 4.23. The molecule has 0 aliphatic heterocycles. The van der Waals surface area contributed by atoms with Crippen LogP contribution in [0.5, 0.6) is 0 Å². The average Bonchev–Trinajstić information content (AvgIpc) is 3.02. The molecular formula is C20H23N3O2. The number of para-hydroxylation sites is 2. The Hall–Kier alpha value is -2.66. The van der Waals surface area contributed by atoms with Crippen LogP contribution >= 0.6 is 0 Å². The van der Waals surface area contributed by atoms with Gasteiger partial charge in [-0.3, -0.25) is 9.36 Å². The minimum Gasteiger partial charge on any atom is -0.480 e. The normalized spacial score (nSPS) is 12.6. The van der Waals surface area contributed by atoms with Crippen LogP contribution < -0.4 is 5.32 Å². The molecule has 0 spiro atoms. The summed E-state index contributed by atoms with van der Waals surface area (Å²) in [4.78, 5) is 15.7. The Balaban J connectivity index is 1.71. The molecule has 0 unspecified atom stereocenters. The molecule has 25 heavy (non-hydrogen) atoms. The van der Waals surface area contributed by atoms with E-state index < -0.39 is 12.0 Å². The summed E-state index contributed by atoms with van der Waals surface area (Å²) < 4.78 is 2.05. The lowest BCUT2D eigenvalue weighted by Gasteiger charge is -2.16. The molecular weight excluding hydrogens is 314 g/mol. The highest BCUT2D eigenvalue weighted by atomic mass is 16.4. The molecule has 1 aromatic heterocycles. The first-order valence-corrected chi connectivity index (χ1v) is 8.52. The SMILES string of the molecule is CC(C)C[C@@H](NCc1ccc(-n2cnc3ccccc32)cc1)C(=O)O. The number of rotatable bonds is 7. The van der Waals surface area contributed by atoms with E-state index in [4.69, 9.17) is 0 Å². The van der Waals surface area contributed by atoms with Crippen LogP contribution in [0.4, 0.5) is 0 Å². The van der Waals surface area contributed by atoms with Crippen LogP contribution in [0.15, 0.2) is 54.9 Å².